The van der Waals surface area contributed by atoms with Gasteiger partial charge in [-0.3, -0.25) is 4.79 Å². The molecule has 1 aromatic rings. The van der Waals surface area contributed by atoms with Crippen molar-refractivity contribution in [2.24, 2.45) is 0 Å². The standard InChI is InChI=1S/C13H18Cl2N2O3S/c1-9(2)17(21(3,19)20)7-6-16-13(18)10-4-5-11(14)12(15)8-10/h4-5,8-9H,6-7H2,1-3H3,(H,16,18). The minimum absolute atomic E-state index is 0.165. The van der Waals surface area contributed by atoms with E-state index in [4.69, 9.17) is 23.2 Å². The number of hydrogen-bond acceptors (Lipinski definition) is 3. The second-order valence-electron chi connectivity index (χ2n) is 4.85. The van der Waals surface area contributed by atoms with Gasteiger partial charge < -0.3 is 5.32 Å². The molecule has 1 amide bonds. The third kappa shape index (κ3) is 5.47. The van der Waals surface area contributed by atoms with Gasteiger partial charge in [0.25, 0.3) is 5.91 Å². The highest BCUT2D eigenvalue weighted by atomic mass is 35.5. The number of halogens is 2. The van der Waals surface area contributed by atoms with Gasteiger partial charge in [-0.2, -0.15) is 4.31 Å². The third-order valence-electron chi connectivity index (χ3n) is 2.80. The van der Waals surface area contributed by atoms with Crippen LogP contribution in [-0.4, -0.2) is 44.0 Å². The number of carbonyl (C=O) groups excluding carboxylic acids is 1. The van der Waals surface area contributed by atoms with Gasteiger partial charge in [0.2, 0.25) is 10.0 Å². The van der Waals surface area contributed by atoms with Crippen LogP contribution in [0.4, 0.5) is 0 Å². The lowest BCUT2D eigenvalue weighted by Gasteiger charge is -2.23. The Bertz CT molecular complexity index is 618. The first kappa shape index (κ1) is 18.2. The van der Waals surface area contributed by atoms with E-state index in [1.54, 1.807) is 19.9 Å². The average molecular weight is 353 g/mol. The van der Waals surface area contributed by atoms with E-state index in [1.807, 2.05) is 0 Å². The van der Waals surface area contributed by atoms with Gasteiger partial charge >= 0.3 is 0 Å². The van der Waals surface area contributed by atoms with Crippen LogP contribution in [0.15, 0.2) is 18.2 Å². The zero-order chi connectivity index (χ0) is 16.2. The van der Waals surface area contributed by atoms with Gasteiger partial charge in [0, 0.05) is 24.7 Å². The summed E-state index contributed by atoms with van der Waals surface area (Å²) < 4.78 is 24.5. The number of sulfonamides is 1. The van der Waals surface area contributed by atoms with Crippen molar-refractivity contribution in [3.8, 4) is 0 Å². The second kappa shape index (κ2) is 7.45. The largest absolute Gasteiger partial charge is 0.351 e. The normalized spacial score (nSPS) is 12.0. The maximum atomic E-state index is 11.9. The van der Waals surface area contributed by atoms with Crippen molar-refractivity contribution in [2.45, 2.75) is 19.9 Å². The van der Waals surface area contributed by atoms with E-state index in [0.29, 0.717) is 15.6 Å². The Morgan fingerprint density at radius 2 is 1.90 bits per heavy atom. The van der Waals surface area contributed by atoms with Crippen LogP contribution in [0.1, 0.15) is 24.2 Å². The SMILES string of the molecule is CC(C)N(CCNC(=O)c1ccc(Cl)c(Cl)c1)S(C)(=O)=O. The quantitative estimate of drug-likeness (QED) is 0.854. The van der Waals surface area contributed by atoms with E-state index in [-0.39, 0.29) is 25.0 Å². The molecule has 0 aliphatic heterocycles. The van der Waals surface area contributed by atoms with Crippen molar-refractivity contribution in [1.29, 1.82) is 0 Å². The number of carbonyl (C=O) groups is 1. The monoisotopic (exact) mass is 352 g/mol. The van der Waals surface area contributed by atoms with Gasteiger partial charge in [-0.15, -0.1) is 0 Å². The summed E-state index contributed by atoms with van der Waals surface area (Å²) in [5.41, 5.74) is 0.375. The number of nitrogens with one attached hydrogen (secondary N) is 1. The van der Waals surface area contributed by atoms with Crippen molar-refractivity contribution in [2.75, 3.05) is 19.3 Å². The molecular weight excluding hydrogens is 335 g/mol. The van der Waals surface area contributed by atoms with Crippen LogP contribution >= 0.6 is 23.2 Å². The highest BCUT2D eigenvalue weighted by molar-refractivity contribution is 7.88. The van der Waals surface area contributed by atoms with E-state index < -0.39 is 10.0 Å². The van der Waals surface area contributed by atoms with Crippen LogP contribution in [0, 0.1) is 0 Å². The molecule has 0 atom stereocenters. The van der Waals surface area contributed by atoms with Gasteiger partial charge in [0.05, 0.1) is 16.3 Å². The van der Waals surface area contributed by atoms with Crippen LogP contribution in [0.2, 0.25) is 10.0 Å². The molecule has 21 heavy (non-hydrogen) atoms. The van der Waals surface area contributed by atoms with Crippen LogP contribution in [0.3, 0.4) is 0 Å². The van der Waals surface area contributed by atoms with Crippen LogP contribution < -0.4 is 5.32 Å². The number of nitrogens with zero attached hydrogens (tertiary/aromatic N) is 1. The lowest BCUT2D eigenvalue weighted by molar-refractivity contribution is 0.0950. The minimum atomic E-state index is -3.30. The summed E-state index contributed by atoms with van der Waals surface area (Å²) in [6.45, 7) is 3.98. The van der Waals surface area contributed by atoms with Crippen molar-refractivity contribution in [3.63, 3.8) is 0 Å². The number of amides is 1. The summed E-state index contributed by atoms with van der Waals surface area (Å²) in [5.74, 6) is -0.328. The molecule has 1 rings (SSSR count). The molecule has 1 aromatic carbocycles. The summed E-state index contributed by atoms with van der Waals surface area (Å²) in [6, 6.07) is 4.40. The molecule has 0 aromatic heterocycles. The molecule has 0 bridgehead atoms. The molecular formula is C13H18Cl2N2O3S. The topological polar surface area (TPSA) is 66.5 Å². The Morgan fingerprint density at radius 3 is 2.38 bits per heavy atom. The molecule has 0 spiro atoms. The van der Waals surface area contributed by atoms with E-state index in [1.165, 1.54) is 16.4 Å². The molecule has 0 radical (unpaired) electrons. The molecule has 0 fully saturated rings. The predicted molar refractivity (Wildman–Crippen MR) is 85.5 cm³/mol. The zero-order valence-corrected chi connectivity index (χ0v) is 14.4. The first-order chi connectivity index (χ1) is 9.62. The highest BCUT2D eigenvalue weighted by Crippen LogP contribution is 2.22. The lowest BCUT2D eigenvalue weighted by Crippen LogP contribution is -2.41. The number of hydrogen-bond donors (Lipinski definition) is 1. The Morgan fingerprint density at radius 1 is 1.29 bits per heavy atom. The predicted octanol–water partition coefficient (Wildman–Crippen LogP) is 2.39. The Balaban J connectivity index is 2.62. The first-order valence-corrected chi connectivity index (χ1v) is 8.93. The van der Waals surface area contributed by atoms with Gasteiger partial charge in [-0.1, -0.05) is 23.2 Å². The van der Waals surface area contributed by atoms with E-state index in [9.17, 15) is 13.2 Å². The molecule has 0 saturated carbocycles. The van der Waals surface area contributed by atoms with Crippen LogP contribution in [-0.2, 0) is 10.0 Å². The summed E-state index contributed by atoms with van der Waals surface area (Å²) in [4.78, 5) is 11.9. The van der Waals surface area contributed by atoms with Crippen LogP contribution in [0.5, 0.6) is 0 Å². The van der Waals surface area contributed by atoms with Crippen molar-refractivity contribution < 1.29 is 13.2 Å². The highest BCUT2D eigenvalue weighted by Gasteiger charge is 2.19. The van der Waals surface area contributed by atoms with Crippen molar-refractivity contribution in [1.82, 2.24) is 9.62 Å². The summed E-state index contributed by atoms with van der Waals surface area (Å²) in [5, 5.41) is 3.32. The molecule has 0 saturated heterocycles. The summed E-state index contributed by atoms with van der Waals surface area (Å²) in [7, 11) is -3.30. The fourth-order valence-corrected chi connectivity index (χ4v) is 3.31. The Kier molecular flexibility index (Phi) is 6.46. The molecule has 1 N–H and O–H groups in total. The molecule has 0 unspecified atom stereocenters. The van der Waals surface area contributed by atoms with Gasteiger partial charge in [0.15, 0.2) is 0 Å². The Hall–Kier alpha value is -0.820. The Labute approximate surface area is 135 Å². The van der Waals surface area contributed by atoms with Gasteiger partial charge in [-0.25, -0.2) is 8.42 Å². The van der Waals surface area contributed by atoms with Crippen LogP contribution in [0.25, 0.3) is 0 Å². The molecule has 0 aliphatic carbocycles. The van der Waals surface area contributed by atoms with E-state index >= 15 is 0 Å². The second-order valence-corrected chi connectivity index (χ2v) is 7.60. The number of benzene rings is 1. The molecule has 118 valence electrons. The third-order valence-corrected chi connectivity index (χ3v) is 5.00. The average Bonchev–Trinajstić information content (AvgIpc) is 2.35. The van der Waals surface area contributed by atoms with Crippen molar-refractivity contribution in [3.05, 3.63) is 33.8 Å². The van der Waals surface area contributed by atoms with Crippen molar-refractivity contribution >= 4 is 39.1 Å². The van der Waals surface area contributed by atoms with E-state index in [2.05, 4.69) is 5.32 Å². The van der Waals surface area contributed by atoms with Gasteiger partial charge in [-0.05, 0) is 32.0 Å². The summed E-state index contributed by atoms with van der Waals surface area (Å²) >= 11 is 11.6. The maximum absolute atomic E-state index is 11.9. The van der Waals surface area contributed by atoms with E-state index in [0.717, 1.165) is 6.26 Å². The fourth-order valence-electron chi connectivity index (χ4n) is 1.83. The first-order valence-electron chi connectivity index (χ1n) is 6.33. The summed E-state index contributed by atoms with van der Waals surface area (Å²) in [6.07, 6.45) is 1.15. The molecule has 5 nitrogen and oxygen atoms in total. The smallest absolute Gasteiger partial charge is 0.251 e. The number of rotatable bonds is 6. The maximum Gasteiger partial charge on any atom is 0.251 e. The fraction of sp³-hybridized carbons (Fsp3) is 0.462. The molecule has 8 heteroatoms. The zero-order valence-electron chi connectivity index (χ0n) is 12.1. The molecule has 0 heterocycles. The minimum Gasteiger partial charge on any atom is -0.351 e. The molecule has 0 aliphatic rings. The van der Waals surface area contributed by atoms with Gasteiger partial charge in [0.1, 0.15) is 0 Å². The lowest BCUT2D eigenvalue weighted by atomic mass is 10.2.